The van der Waals surface area contributed by atoms with E-state index in [4.69, 9.17) is 4.42 Å². The normalized spacial score (nSPS) is 11.0. The Labute approximate surface area is 123 Å². The molecule has 5 heteroatoms. The number of nitrogens with one attached hydrogen (secondary N) is 1. The Hall–Kier alpha value is -2.66. The molecule has 2 heterocycles. The summed E-state index contributed by atoms with van der Waals surface area (Å²) in [5.41, 5.74) is 1.49. The van der Waals surface area contributed by atoms with Gasteiger partial charge in [0.1, 0.15) is 11.3 Å². The summed E-state index contributed by atoms with van der Waals surface area (Å²) < 4.78 is 6.37. The number of anilines is 2. The predicted octanol–water partition coefficient (Wildman–Crippen LogP) is 4.15. The van der Waals surface area contributed by atoms with Crippen LogP contribution in [-0.2, 0) is 0 Å². The zero-order valence-corrected chi connectivity index (χ0v) is 11.7. The topological polar surface area (TPSA) is 55.1 Å². The van der Waals surface area contributed by atoms with Crippen LogP contribution in [0.1, 0.15) is 0 Å². The molecule has 4 rings (SSSR count). The SMILES string of the molecule is O=c1oc2ccccc2cc1Nc1nc2ccccc2s1. The second kappa shape index (κ2) is 4.71. The van der Waals surface area contributed by atoms with Crippen molar-refractivity contribution in [3.05, 3.63) is 65.0 Å². The second-order valence-corrected chi connectivity index (χ2v) is 5.63. The highest BCUT2D eigenvalue weighted by Gasteiger charge is 2.08. The lowest BCUT2D eigenvalue weighted by atomic mass is 10.2. The molecule has 0 amide bonds. The summed E-state index contributed by atoms with van der Waals surface area (Å²) in [4.78, 5) is 16.5. The second-order valence-electron chi connectivity index (χ2n) is 4.60. The Balaban J connectivity index is 1.79. The van der Waals surface area contributed by atoms with E-state index in [9.17, 15) is 4.79 Å². The van der Waals surface area contributed by atoms with Crippen molar-refractivity contribution in [3.8, 4) is 0 Å². The summed E-state index contributed by atoms with van der Waals surface area (Å²) in [5, 5.41) is 4.61. The summed E-state index contributed by atoms with van der Waals surface area (Å²) >= 11 is 1.50. The van der Waals surface area contributed by atoms with Crippen LogP contribution in [0.25, 0.3) is 21.2 Å². The largest absolute Gasteiger partial charge is 0.421 e. The van der Waals surface area contributed by atoms with Crippen LogP contribution in [0.2, 0.25) is 0 Å². The minimum Gasteiger partial charge on any atom is -0.421 e. The number of nitrogens with zero attached hydrogens (tertiary/aromatic N) is 1. The maximum absolute atomic E-state index is 12.0. The van der Waals surface area contributed by atoms with E-state index < -0.39 is 5.63 Å². The zero-order valence-electron chi connectivity index (χ0n) is 10.9. The summed E-state index contributed by atoms with van der Waals surface area (Å²) in [7, 11) is 0. The number of hydrogen-bond acceptors (Lipinski definition) is 5. The molecule has 0 unspecified atom stereocenters. The number of hydrogen-bond donors (Lipinski definition) is 1. The van der Waals surface area contributed by atoms with Crippen LogP contribution in [-0.4, -0.2) is 4.98 Å². The van der Waals surface area contributed by atoms with Crippen LogP contribution >= 0.6 is 11.3 Å². The van der Waals surface area contributed by atoms with Gasteiger partial charge in [-0.05, 0) is 24.3 Å². The minimum atomic E-state index is -0.395. The van der Waals surface area contributed by atoms with E-state index in [0.29, 0.717) is 16.4 Å². The molecule has 0 aliphatic rings. The van der Waals surface area contributed by atoms with Gasteiger partial charge in [0.2, 0.25) is 0 Å². The summed E-state index contributed by atoms with van der Waals surface area (Å²) in [6.45, 7) is 0. The highest BCUT2D eigenvalue weighted by atomic mass is 32.1. The fraction of sp³-hybridized carbons (Fsp3) is 0. The first-order valence-corrected chi connectivity index (χ1v) is 7.27. The van der Waals surface area contributed by atoms with E-state index in [0.717, 1.165) is 15.6 Å². The third-order valence-corrected chi connectivity index (χ3v) is 4.13. The van der Waals surface area contributed by atoms with Crippen LogP contribution in [0.3, 0.4) is 0 Å². The number of fused-ring (bicyclic) bond motifs is 2. The first-order valence-electron chi connectivity index (χ1n) is 6.45. The molecule has 4 nitrogen and oxygen atoms in total. The third kappa shape index (κ3) is 2.17. The number of aromatic nitrogens is 1. The molecule has 0 saturated carbocycles. The average molecular weight is 294 g/mol. The molecule has 0 bridgehead atoms. The smallest absolute Gasteiger partial charge is 0.360 e. The lowest BCUT2D eigenvalue weighted by molar-refractivity contribution is 0.564. The minimum absolute atomic E-state index is 0.395. The van der Waals surface area contributed by atoms with Crippen LogP contribution in [0.15, 0.2) is 63.8 Å². The van der Waals surface area contributed by atoms with Crippen molar-refractivity contribution in [2.24, 2.45) is 0 Å². The Morgan fingerprint density at radius 2 is 1.86 bits per heavy atom. The number of rotatable bonds is 2. The number of thiazole rings is 1. The van der Waals surface area contributed by atoms with Crippen molar-refractivity contribution >= 4 is 43.3 Å². The Kier molecular flexibility index (Phi) is 2.72. The molecule has 0 aliphatic heterocycles. The van der Waals surface area contributed by atoms with E-state index >= 15 is 0 Å². The Morgan fingerprint density at radius 1 is 1.05 bits per heavy atom. The molecule has 0 saturated heterocycles. The number of para-hydroxylation sites is 2. The first-order chi connectivity index (χ1) is 10.3. The van der Waals surface area contributed by atoms with Crippen molar-refractivity contribution in [2.75, 3.05) is 5.32 Å². The van der Waals surface area contributed by atoms with E-state index in [2.05, 4.69) is 10.3 Å². The number of benzene rings is 2. The van der Waals surface area contributed by atoms with Gasteiger partial charge >= 0.3 is 5.63 Å². The van der Waals surface area contributed by atoms with Gasteiger partial charge in [-0.15, -0.1) is 0 Å². The summed E-state index contributed by atoms with van der Waals surface area (Å²) in [5.74, 6) is 0. The first kappa shape index (κ1) is 12.1. The maximum Gasteiger partial charge on any atom is 0.360 e. The molecule has 0 radical (unpaired) electrons. The summed E-state index contributed by atoms with van der Waals surface area (Å²) in [6.07, 6.45) is 0. The monoisotopic (exact) mass is 294 g/mol. The van der Waals surface area contributed by atoms with E-state index in [1.165, 1.54) is 11.3 Å². The zero-order chi connectivity index (χ0) is 14.2. The van der Waals surface area contributed by atoms with Crippen LogP contribution in [0.5, 0.6) is 0 Å². The van der Waals surface area contributed by atoms with Crippen molar-refractivity contribution in [2.45, 2.75) is 0 Å². The van der Waals surface area contributed by atoms with E-state index in [1.807, 2.05) is 42.5 Å². The third-order valence-electron chi connectivity index (χ3n) is 3.18. The molecule has 2 aromatic carbocycles. The predicted molar refractivity (Wildman–Crippen MR) is 85.4 cm³/mol. The highest BCUT2D eigenvalue weighted by Crippen LogP contribution is 2.27. The lowest BCUT2D eigenvalue weighted by Crippen LogP contribution is -2.06. The lowest BCUT2D eigenvalue weighted by Gasteiger charge is -2.02. The maximum atomic E-state index is 12.0. The standard InChI is InChI=1S/C16H10N2O2S/c19-15-12(9-10-5-1-3-7-13(10)20-15)18-16-17-11-6-2-4-8-14(11)21-16/h1-9H,(H,17,18). The molecule has 102 valence electrons. The Bertz CT molecular complexity index is 971. The molecule has 2 aromatic heterocycles. The van der Waals surface area contributed by atoms with Crippen LogP contribution in [0, 0.1) is 0 Å². The van der Waals surface area contributed by atoms with Crippen molar-refractivity contribution < 1.29 is 4.42 Å². The Morgan fingerprint density at radius 3 is 2.76 bits per heavy atom. The molecular weight excluding hydrogens is 284 g/mol. The van der Waals surface area contributed by atoms with Crippen LogP contribution < -0.4 is 10.9 Å². The average Bonchev–Trinajstić information content (AvgIpc) is 2.90. The summed E-state index contributed by atoms with van der Waals surface area (Å²) in [6, 6.07) is 17.1. The van der Waals surface area contributed by atoms with Gasteiger partial charge in [-0.1, -0.05) is 41.7 Å². The molecule has 0 fully saturated rings. The van der Waals surface area contributed by atoms with Gasteiger partial charge in [0, 0.05) is 5.39 Å². The van der Waals surface area contributed by atoms with Gasteiger partial charge in [0.05, 0.1) is 10.2 Å². The van der Waals surface area contributed by atoms with Crippen molar-refractivity contribution in [1.82, 2.24) is 4.98 Å². The quantitative estimate of drug-likeness (QED) is 0.564. The van der Waals surface area contributed by atoms with Gasteiger partial charge in [0.15, 0.2) is 5.13 Å². The van der Waals surface area contributed by atoms with Crippen molar-refractivity contribution in [1.29, 1.82) is 0 Å². The van der Waals surface area contributed by atoms with E-state index in [-0.39, 0.29) is 0 Å². The van der Waals surface area contributed by atoms with Crippen molar-refractivity contribution in [3.63, 3.8) is 0 Å². The fourth-order valence-corrected chi connectivity index (χ4v) is 3.07. The van der Waals surface area contributed by atoms with Gasteiger partial charge < -0.3 is 9.73 Å². The van der Waals surface area contributed by atoms with E-state index in [1.54, 1.807) is 12.1 Å². The fourth-order valence-electron chi connectivity index (χ4n) is 2.19. The van der Waals surface area contributed by atoms with Gasteiger partial charge in [0.25, 0.3) is 0 Å². The van der Waals surface area contributed by atoms with Gasteiger partial charge in [-0.3, -0.25) is 0 Å². The van der Waals surface area contributed by atoms with Gasteiger partial charge in [-0.2, -0.15) is 0 Å². The molecule has 0 aliphatic carbocycles. The molecule has 0 spiro atoms. The van der Waals surface area contributed by atoms with Crippen LogP contribution in [0.4, 0.5) is 10.8 Å². The molecule has 4 aromatic rings. The molecule has 21 heavy (non-hydrogen) atoms. The molecular formula is C16H10N2O2S. The van der Waals surface area contributed by atoms with Gasteiger partial charge in [-0.25, -0.2) is 9.78 Å². The molecule has 1 N–H and O–H groups in total. The highest BCUT2D eigenvalue weighted by molar-refractivity contribution is 7.22. The molecule has 0 atom stereocenters.